The number of hydrogen-bond donors (Lipinski definition) is 2. The third-order valence-electron chi connectivity index (χ3n) is 2.35. The molecule has 1 amide bonds. The van der Waals surface area contributed by atoms with Crippen LogP contribution in [0.3, 0.4) is 0 Å². The van der Waals surface area contributed by atoms with Crippen molar-refractivity contribution in [3.8, 4) is 6.07 Å². The van der Waals surface area contributed by atoms with Crippen molar-refractivity contribution < 1.29 is 9.90 Å². The van der Waals surface area contributed by atoms with Crippen molar-refractivity contribution in [3.63, 3.8) is 0 Å². The molecule has 0 bridgehead atoms. The molecule has 0 atom stereocenters. The molecule has 1 rings (SSSR count). The first-order chi connectivity index (χ1) is 5.68. The number of nitrogens with one attached hydrogen (secondary N) is 1. The summed E-state index contributed by atoms with van der Waals surface area (Å²) < 4.78 is 0. The average Bonchev–Trinajstić information content (AvgIpc) is 2.36. The Balaban J connectivity index is 2.59. The van der Waals surface area contributed by atoms with Gasteiger partial charge in [-0.25, -0.2) is 4.79 Å². The largest absolute Gasteiger partial charge is 0.465 e. The molecule has 4 nitrogen and oxygen atoms in total. The van der Waals surface area contributed by atoms with Crippen molar-refractivity contribution in [1.29, 1.82) is 5.26 Å². The van der Waals surface area contributed by atoms with Crippen LogP contribution in [0.15, 0.2) is 0 Å². The number of rotatable bonds is 2. The minimum absolute atomic E-state index is 0.291. The zero-order chi connectivity index (χ0) is 9.03. The molecule has 66 valence electrons. The molecule has 1 aliphatic rings. The molecule has 0 aromatic rings. The van der Waals surface area contributed by atoms with Crippen LogP contribution in [0.4, 0.5) is 4.79 Å². The maximum absolute atomic E-state index is 10.4. The summed E-state index contributed by atoms with van der Waals surface area (Å²) in [5.41, 5.74) is -0.444. The molecule has 4 heteroatoms. The van der Waals surface area contributed by atoms with Crippen LogP contribution >= 0.6 is 0 Å². The van der Waals surface area contributed by atoms with E-state index in [0.29, 0.717) is 6.42 Å². The molecule has 0 aliphatic heterocycles. The Kier molecular flexibility index (Phi) is 2.54. The third-order valence-corrected chi connectivity index (χ3v) is 2.35. The highest BCUT2D eigenvalue weighted by Gasteiger charge is 2.34. The minimum atomic E-state index is -1.02. The molecule has 1 aliphatic carbocycles. The van der Waals surface area contributed by atoms with Gasteiger partial charge in [-0.1, -0.05) is 12.8 Å². The highest BCUT2D eigenvalue weighted by Crippen LogP contribution is 2.32. The van der Waals surface area contributed by atoms with Crippen LogP contribution in [0.25, 0.3) is 0 Å². The van der Waals surface area contributed by atoms with Gasteiger partial charge in [-0.3, -0.25) is 0 Å². The Morgan fingerprint density at radius 2 is 2.17 bits per heavy atom. The fraction of sp³-hybridized carbons (Fsp3) is 0.750. The molecule has 2 N–H and O–H groups in total. The highest BCUT2D eigenvalue weighted by atomic mass is 16.4. The van der Waals surface area contributed by atoms with Crippen molar-refractivity contribution in [3.05, 3.63) is 0 Å². The lowest BCUT2D eigenvalue weighted by molar-refractivity contribution is 0.178. The second-order valence-corrected chi connectivity index (χ2v) is 3.25. The lowest BCUT2D eigenvalue weighted by Gasteiger charge is -2.25. The van der Waals surface area contributed by atoms with Crippen molar-refractivity contribution in [1.82, 2.24) is 5.32 Å². The minimum Gasteiger partial charge on any atom is -0.465 e. The van der Waals surface area contributed by atoms with Gasteiger partial charge in [0.05, 0.1) is 18.0 Å². The summed E-state index contributed by atoms with van der Waals surface area (Å²) >= 11 is 0. The van der Waals surface area contributed by atoms with Gasteiger partial charge in [0, 0.05) is 0 Å². The normalized spacial score (nSPS) is 19.9. The van der Waals surface area contributed by atoms with Crippen LogP contribution in [0.2, 0.25) is 0 Å². The molecule has 0 aromatic carbocycles. The van der Waals surface area contributed by atoms with E-state index in [2.05, 4.69) is 5.32 Å². The number of carbonyl (C=O) groups is 1. The Morgan fingerprint density at radius 3 is 2.58 bits per heavy atom. The Hall–Kier alpha value is -1.24. The van der Waals surface area contributed by atoms with Gasteiger partial charge < -0.3 is 10.4 Å². The maximum Gasteiger partial charge on any atom is 0.405 e. The fourth-order valence-corrected chi connectivity index (χ4v) is 1.78. The molecule has 1 saturated carbocycles. The van der Waals surface area contributed by atoms with E-state index in [4.69, 9.17) is 10.4 Å². The second kappa shape index (κ2) is 3.44. The van der Waals surface area contributed by atoms with Gasteiger partial charge in [-0.05, 0) is 12.8 Å². The van der Waals surface area contributed by atoms with Gasteiger partial charge in [0.25, 0.3) is 0 Å². The van der Waals surface area contributed by atoms with E-state index in [0.717, 1.165) is 25.7 Å². The van der Waals surface area contributed by atoms with Crippen molar-refractivity contribution in [2.24, 2.45) is 0 Å². The Bertz CT molecular complexity index is 214. The summed E-state index contributed by atoms with van der Waals surface area (Å²) in [4.78, 5) is 10.4. The molecule has 0 heterocycles. The van der Waals surface area contributed by atoms with Crippen LogP contribution < -0.4 is 5.32 Å². The predicted octanol–water partition coefficient (Wildman–Crippen LogP) is 1.48. The van der Waals surface area contributed by atoms with Crippen LogP contribution in [0.1, 0.15) is 32.1 Å². The van der Waals surface area contributed by atoms with Gasteiger partial charge in [0.15, 0.2) is 0 Å². The van der Waals surface area contributed by atoms with E-state index in [1.807, 2.05) is 6.07 Å². The smallest absolute Gasteiger partial charge is 0.405 e. The molecule has 0 spiro atoms. The summed E-state index contributed by atoms with van der Waals surface area (Å²) in [6.45, 7) is 0. The average molecular weight is 168 g/mol. The van der Waals surface area contributed by atoms with E-state index in [1.54, 1.807) is 0 Å². The number of nitrogens with zero attached hydrogens (tertiary/aromatic N) is 1. The number of hydrogen-bond acceptors (Lipinski definition) is 2. The maximum atomic E-state index is 10.4. The summed E-state index contributed by atoms with van der Waals surface area (Å²) in [5.74, 6) is 0. The van der Waals surface area contributed by atoms with Gasteiger partial charge in [-0.15, -0.1) is 0 Å². The van der Waals surface area contributed by atoms with E-state index in [9.17, 15) is 4.79 Å². The van der Waals surface area contributed by atoms with Gasteiger partial charge in [0.1, 0.15) is 0 Å². The van der Waals surface area contributed by atoms with E-state index < -0.39 is 11.6 Å². The molecular formula is C8H12N2O2. The Morgan fingerprint density at radius 1 is 1.58 bits per heavy atom. The molecule has 0 radical (unpaired) electrons. The fourth-order valence-electron chi connectivity index (χ4n) is 1.78. The van der Waals surface area contributed by atoms with Crippen LogP contribution in [0.5, 0.6) is 0 Å². The van der Waals surface area contributed by atoms with Crippen molar-refractivity contribution >= 4 is 6.09 Å². The van der Waals surface area contributed by atoms with Gasteiger partial charge in [-0.2, -0.15) is 5.26 Å². The summed E-state index contributed by atoms with van der Waals surface area (Å²) in [6, 6.07) is 2.03. The molecule has 0 saturated heterocycles. The van der Waals surface area contributed by atoms with Crippen LogP contribution in [0, 0.1) is 11.3 Å². The van der Waals surface area contributed by atoms with Gasteiger partial charge >= 0.3 is 6.09 Å². The lowest BCUT2D eigenvalue weighted by atomic mass is 9.94. The third kappa shape index (κ3) is 1.88. The van der Waals surface area contributed by atoms with Crippen LogP contribution in [-0.4, -0.2) is 16.7 Å². The summed E-state index contributed by atoms with van der Waals surface area (Å²) in [5, 5.41) is 19.5. The van der Waals surface area contributed by atoms with E-state index in [1.165, 1.54) is 0 Å². The first-order valence-electron chi connectivity index (χ1n) is 4.07. The number of amides is 1. The summed E-state index contributed by atoms with van der Waals surface area (Å²) in [6.07, 6.45) is 2.90. The lowest BCUT2D eigenvalue weighted by Crippen LogP contribution is -2.45. The topological polar surface area (TPSA) is 73.1 Å². The SMILES string of the molecule is N#CCC1(NC(=O)O)CCCC1. The molecule has 0 aromatic heterocycles. The van der Waals surface area contributed by atoms with Crippen LogP contribution in [-0.2, 0) is 0 Å². The number of nitriles is 1. The monoisotopic (exact) mass is 168 g/mol. The molecular weight excluding hydrogens is 156 g/mol. The number of carboxylic acid groups (broad SMARTS) is 1. The van der Waals surface area contributed by atoms with Gasteiger partial charge in [0.2, 0.25) is 0 Å². The summed E-state index contributed by atoms with van der Waals surface area (Å²) in [7, 11) is 0. The molecule has 1 fully saturated rings. The first kappa shape index (κ1) is 8.85. The van der Waals surface area contributed by atoms with Crippen molar-refractivity contribution in [2.45, 2.75) is 37.6 Å². The van der Waals surface area contributed by atoms with Crippen molar-refractivity contribution in [2.75, 3.05) is 0 Å². The van der Waals surface area contributed by atoms with E-state index >= 15 is 0 Å². The standard InChI is InChI=1S/C8H12N2O2/c9-6-5-8(10-7(11)12)3-1-2-4-8/h10H,1-5H2,(H,11,12). The quantitative estimate of drug-likeness (QED) is 0.655. The zero-order valence-corrected chi connectivity index (χ0v) is 6.84. The highest BCUT2D eigenvalue weighted by molar-refractivity contribution is 5.65. The zero-order valence-electron chi connectivity index (χ0n) is 6.84. The molecule has 12 heavy (non-hydrogen) atoms. The Labute approximate surface area is 71.2 Å². The van der Waals surface area contributed by atoms with E-state index in [-0.39, 0.29) is 0 Å². The first-order valence-corrected chi connectivity index (χ1v) is 4.07. The second-order valence-electron chi connectivity index (χ2n) is 3.25. The molecule has 0 unspecified atom stereocenters. The predicted molar refractivity (Wildman–Crippen MR) is 42.6 cm³/mol.